The molecule has 0 saturated heterocycles. The monoisotopic (exact) mass is 329 g/mol. The van der Waals surface area contributed by atoms with Gasteiger partial charge in [-0.05, 0) is 35.0 Å². The third-order valence-corrected chi connectivity index (χ3v) is 3.10. The van der Waals surface area contributed by atoms with E-state index in [9.17, 15) is 14.3 Å². The maximum absolute atomic E-state index is 13.2. The minimum Gasteiger partial charge on any atom is -0.506 e. The van der Waals surface area contributed by atoms with Gasteiger partial charge in [-0.3, -0.25) is 0 Å². The molecule has 0 unspecified atom stereocenters. The van der Waals surface area contributed by atoms with E-state index in [1.54, 1.807) is 6.92 Å². The molecule has 0 amide bonds. The van der Waals surface area contributed by atoms with E-state index in [0.29, 0.717) is 0 Å². The standard InChI is InChI=1S/C11H9BrFN3O3/c1-2-19-11(18)9-8(14-16-15-9)5-3-4-6(13)7(12)10(5)17/h3-4,17H,2H2,1H3,(H,14,15,16). The Kier molecular flexibility index (Phi) is 3.79. The number of nitrogens with zero attached hydrogens (tertiary/aromatic N) is 2. The second-order valence-corrected chi connectivity index (χ2v) is 4.29. The maximum atomic E-state index is 13.2. The quantitative estimate of drug-likeness (QED) is 0.843. The van der Waals surface area contributed by atoms with Gasteiger partial charge < -0.3 is 9.84 Å². The number of aromatic hydroxyl groups is 1. The zero-order valence-corrected chi connectivity index (χ0v) is 11.4. The summed E-state index contributed by atoms with van der Waals surface area (Å²) >= 11 is 2.91. The number of phenols is 1. The number of rotatable bonds is 3. The summed E-state index contributed by atoms with van der Waals surface area (Å²) in [4.78, 5) is 11.7. The average Bonchev–Trinajstić information content (AvgIpc) is 2.85. The number of esters is 1. The van der Waals surface area contributed by atoms with Crippen molar-refractivity contribution in [2.75, 3.05) is 6.61 Å². The number of ether oxygens (including phenoxy) is 1. The third kappa shape index (κ3) is 2.43. The van der Waals surface area contributed by atoms with Crippen LogP contribution >= 0.6 is 15.9 Å². The van der Waals surface area contributed by atoms with Gasteiger partial charge in [0.1, 0.15) is 17.3 Å². The molecule has 0 aliphatic heterocycles. The summed E-state index contributed by atoms with van der Waals surface area (Å²) in [6, 6.07) is 2.44. The molecule has 19 heavy (non-hydrogen) atoms. The van der Waals surface area contributed by atoms with Crippen LogP contribution in [0.1, 0.15) is 17.4 Å². The second-order valence-electron chi connectivity index (χ2n) is 3.50. The lowest BCUT2D eigenvalue weighted by atomic mass is 10.1. The molecule has 2 N–H and O–H groups in total. The molecule has 0 aliphatic carbocycles. The van der Waals surface area contributed by atoms with Gasteiger partial charge in [-0.2, -0.15) is 10.3 Å². The first-order valence-electron chi connectivity index (χ1n) is 5.31. The molecule has 100 valence electrons. The first kappa shape index (κ1) is 13.5. The van der Waals surface area contributed by atoms with E-state index in [0.717, 1.165) is 6.07 Å². The number of hydrogen-bond donors (Lipinski definition) is 2. The largest absolute Gasteiger partial charge is 0.506 e. The molecule has 1 aromatic heterocycles. The number of halogens is 2. The van der Waals surface area contributed by atoms with Crippen molar-refractivity contribution in [1.29, 1.82) is 0 Å². The van der Waals surface area contributed by atoms with Crippen molar-refractivity contribution in [3.8, 4) is 17.0 Å². The van der Waals surface area contributed by atoms with Crippen molar-refractivity contribution < 1.29 is 19.0 Å². The first-order valence-corrected chi connectivity index (χ1v) is 6.10. The van der Waals surface area contributed by atoms with Crippen molar-refractivity contribution in [3.63, 3.8) is 0 Å². The fourth-order valence-corrected chi connectivity index (χ4v) is 1.84. The summed E-state index contributed by atoms with van der Waals surface area (Å²) in [5.41, 5.74) is 0.192. The molecular formula is C11H9BrFN3O3. The van der Waals surface area contributed by atoms with E-state index in [4.69, 9.17) is 4.74 Å². The van der Waals surface area contributed by atoms with E-state index in [1.165, 1.54) is 6.07 Å². The van der Waals surface area contributed by atoms with Gasteiger partial charge in [0.2, 0.25) is 0 Å². The molecule has 0 spiro atoms. The van der Waals surface area contributed by atoms with Crippen molar-refractivity contribution >= 4 is 21.9 Å². The molecule has 1 aromatic carbocycles. The highest BCUT2D eigenvalue weighted by Crippen LogP contribution is 2.37. The lowest BCUT2D eigenvalue weighted by Crippen LogP contribution is -2.06. The van der Waals surface area contributed by atoms with E-state index in [-0.39, 0.29) is 33.8 Å². The number of carbonyl (C=O) groups is 1. The first-order chi connectivity index (χ1) is 9.06. The number of carbonyl (C=O) groups excluding carboxylic acids is 1. The Morgan fingerprint density at radius 3 is 2.95 bits per heavy atom. The Bertz CT molecular complexity index is 630. The van der Waals surface area contributed by atoms with Crippen LogP contribution in [0.15, 0.2) is 16.6 Å². The van der Waals surface area contributed by atoms with Crippen molar-refractivity contribution in [2.24, 2.45) is 0 Å². The van der Waals surface area contributed by atoms with Gasteiger partial charge >= 0.3 is 5.97 Å². The molecule has 1 heterocycles. The smallest absolute Gasteiger partial charge is 0.361 e. The Balaban J connectivity index is 2.52. The zero-order chi connectivity index (χ0) is 14.0. The van der Waals surface area contributed by atoms with Gasteiger partial charge in [0.15, 0.2) is 5.69 Å². The fourth-order valence-electron chi connectivity index (χ4n) is 1.49. The van der Waals surface area contributed by atoms with E-state index >= 15 is 0 Å². The van der Waals surface area contributed by atoms with Gasteiger partial charge in [-0.25, -0.2) is 9.18 Å². The van der Waals surface area contributed by atoms with Crippen LogP contribution in [0.25, 0.3) is 11.3 Å². The number of aromatic nitrogens is 3. The van der Waals surface area contributed by atoms with Crippen molar-refractivity contribution in [2.45, 2.75) is 6.92 Å². The number of phenolic OH excluding ortho intramolecular Hbond substituents is 1. The molecule has 8 heteroatoms. The lowest BCUT2D eigenvalue weighted by Gasteiger charge is -2.05. The average molecular weight is 330 g/mol. The van der Waals surface area contributed by atoms with Crippen molar-refractivity contribution in [1.82, 2.24) is 15.4 Å². The summed E-state index contributed by atoms with van der Waals surface area (Å²) in [6.45, 7) is 1.84. The van der Waals surface area contributed by atoms with Gasteiger partial charge in [-0.15, -0.1) is 5.10 Å². The van der Waals surface area contributed by atoms with Gasteiger partial charge in [0, 0.05) is 5.56 Å². The third-order valence-electron chi connectivity index (χ3n) is 2.34. The molecule has 0 saturated carbocycles. The lowest BCUT2D eigenvalue weighted by molar-refractivity contribution is 0.0520. The molecule has 0 radical (unpaired) electrons. The van der Waals surface area contributed by atoms with E-state index in [2.05, 4.69) is 31.3 Å². The zero-order valence-electron chi connectivity index (χ0n) is 9.78. The highest BCUT2D eigenvalue weighted by molar-refractivity contribution is 9.10. The number of H-pyrrole nitrogens is 1. The summed E-state index contributed by atoms with van der Waals surface area (Å²) < 4.78 is 17.9. The van der Waals surface area contributed by atoms with Crippen LogP contribution in [-0.2, 0) is 4.74 Å². The van der Waals surface area contributed by atoms with Crippen LogP contribution in [0.3, 0.4) is 0 Å². The summed E-state index contributed by atoms with van der Waals surface area (Å²) in [5, 5.41) is 19.6. The van der Waals surface area contributed by atoms with Crippen LogP contribution < -0.4 is 0 Å². The molecule has 2 rings (SSSR count). The number of hydrogen-bond acceptors (Lipinski definition) is 5. The Morgan fingerprint density at radius 2 is 2.26 bits per heavy atom. The topological polar surface area (TPSA) is 88.1 Å². The Hall–Kier alpha value is -1.96. The molecule has 0 fully saturated rings. The SMILES string of the molecule is CCOC(=O)c1n[nH]nc1-c1ccc(F)c(Br)c1O. The van der Waals surface area contributed by atoms with Crippen LogP contribution in [0.2, 0.25) is 0 Å². The van der Waals surface area contributed by atoms with Crippen LogP contribution in [-0.4, -0.2) is 33.1 Å². The minimum atomic E-state index is -0.675. The molecule has 0 aliphatic rings. The maximum Gasteiger partial charge on any atom is 0.361 e. The summed E-state index contributed by atoms with van der Waals surface area (Å²) in [5.74, 6) is -1.66. The Morgan fingerprint density at radius 1 is 1.53 bits per heavy atom. The predicted octanol–water partition coefficient (Wildman–Crippen LogP) is 2.26. The minimum absolute atomic E-state index is 0.0735. The molecule has 2 aromatic rings. The van der Waals surface area contributed by atoms with Gasteiger partial charge in [0.25, 0.3) is 0 Å². The molecule has 0 atom stereocenters. The second kappa shape index (κ2) is 5.35. The van der Waals surface area contributed by atoms with Gasteiger partial charge in [-0.1, -0.05) is 0 Å². The number of nitrogens with one attached hydrogen (secondary N) is 1. The van der Waals surface area contributed by atoms with Crippen LogP contribution in [0, 0.1) is 5.82 Å². The van der Waals surface area contributed by atoms with Crippen LogP contribution in [0.4, 0.5) is 4.39 Å². The highest BCUT2D eigenvalue weighted by atomic mass is 79.9. The van der Waals surface area contributed by atoms with E-state index < -0.39 is 11.8 Å². The fraction of sp³-hybridized carbons (Fsp3) is 0.182. The van der Waals surface area contributed by atoms with Gasteiger partial charge in [0.05, 0.1) is 11.1 Å². The normalized spacial score (nSPS) is 10.5. The number of benzene rings is 1. The molecular weight excluding hydrogens is 321 g/mol. The van der Waals surface area contributed by atoms with E-state index in [1.807, 2.05) is 0 Å². The summed E-state index contributed by atoms with van der Waals surface area (Å²) in [6.07, 6.45) is 0. The molecule has 6 nitrogen and oxygen atoms in total. The Labute approximate surface area is 115 Å². The number of aromatic amines is 1. The van der Waals surface area contributed by atoms with Crippen LogP contribution in [0.5, 0.6) is 5.75 Å². The molecule has 0 bridgehead atoms. The van der Waals surface area contributed by atoms with Crippen molar-refractivity contribution in [3.05, 3.63) is 28.1 Å². The predicted molar refractivity (Wildman–Crippen MR) is 67.1 cm³/mol. The summed E-state index contributed by atoms with van der Waals surface area (Å²) in [7, 11) is 0. The highest BCUT2D eigenvalue weighted by Gasteiger charge is 2.23.